The number of hydrogen-bond acceptors (Lipinski definition) is 6. The van der Waals surface area contributed by atoms with Crippen LogP contribution in [-0.2, 0) is 10.0 Å². The van der Waals surface area contributed by atoms with Gasteiger partial charge in [-0.2, -0.15) is 4.31 Å². The number of hydrogen-bond donors (Lipinski definition) is 2. The molecule has 9 heteroatoms. The van der Waals surface area contributed by atoms with Crippen LogP contribution in [0.2, 0.25) is 5.02 Å². The van der Waals surface area contributed by atoms with Crippen LogP contribution in [-0.4, -0.2) is 56.8 Å². The van der Waals surface area contributed by atoms with Gasteiger partial charge in [0.1, 0.15) is 4.90 Å². The van der Waals surface area contributed by atoms with E-state index in [1.807, 2.05) is 19.0 Å². The van der Waals surface area contributed by atoms with E-state index in [9.17, 15) is 8.42 Å². The third-order valence-corrected chi connectivity index (χ3v) is 4.63. The molecule has 0 aliphatic carbocycles. The molecule has 19 heavy (non-hydrogen) atoms. The number of likely N-dealkylation sites (N-methyl/N-ethyl adjacent to an activating group) is 2. The molecule has 0 fully saturated rings. The highest BCUT2D eigenvalue weighted by Crippen LogP contribution is 2.23. The van der Waals surface area contributed by atoms with Crippen LogP contribution in [0.5, 0.6) is 0 Å². The van der Waals surface area contributed by atoms with Gasteiger partial charge in [-0.25, -0.2) is 19.2 Å². The molecule has 1 heterocycles. The predicted molar refractivity (Wildman–Crippen MR) is 75.4 cm³/mol. The Morgan fingerprint density at radius 2 is 2.00 bits per heavy atom. The maximum atomic E-state index is 12.3. The molecule has 7 nitrogen and oxygen atoms in total. The van der Waals surface area contributed by atoms with Gasteiger partial charge in [0.2, 0.25) is 10.0 Å². The van der Waals surface area contributed by atoms with Crippen LogP contribution in [0.4, 0.5) is 5.82 Å². The summed E-state index contributed by atoms with van der Waals surface area (Å²) < 4.78 is 25.8. The molecule has 0 unspecified atom stereocenters. The highest BCUT2D eigenvalue weighted by molar-refractivity contribution is 7.89. The molecule has 0 radical (unpaired) electrons. The Labute approximate surface area is 118 Å². The van der Waals surface area contributed by atoms with Gasteiger partial charge in [-0.15, -0.1) is 0 Å². The van der Waals surface area contributed by atoms with Crippen molar-refractivity contribution in [2.45, 2.75) is 4.90 Å². The summed E-state index contributed by atoms with van der Waals surface area (Å²) in [6.07, 6.45) is 1.22. The van der Waals surface area contributed by atoms with E-state index in [2.05, 4.69) is 10.4 Å². The Kier molecular flexibility index (Phi) is 5.50. The van der Waals surface area contributed by atoms with E-state index in [1.54, 1.807) is 0 Å². The number of aromatic nitrogens is 1. The molecule has 3 N–H and O–H groups in total. The Balaban J connectivity index is 2.96. The monoisotopic (exact) mass is 307 g/mol. The van der Waals surface area contributed by atoms with Crippen molar-refractivity contribution in [1.82, 2.24) is 14.2 Å². The number of hydrazine groups is 1. The fourth-order valence-electron chi connectivity index (χ4n) is 1.31. The topological polar surface area (TPSA) is 91.6 Å². The predicted octanol–water partition coefficient (Wildman–Crippen LogP) is 0.203. The third-order valence-electron chi connectivity index (χ3n) is 2.52. The standard InChI is InChI=1S/C10H18ClN5O2S/c1-15(2)4-5-16(3)19(17,18)8-6-9(11)10(14-12)13-7-8/h6-7H,4-5,12H2,1-3H3,(H,13,14). The lowest BCUT2D eigenvalue weighted by molar-refractivity contribution is 0.358. The smallest absolute Gasteiger partial charge is 0.244 e. The van der Waals surface area contributed by atoms with Crippen molar-refractivity contribution in [2.75, 3.05) is 39.7 Å². The molecular formula is C10H18ClN5O2S. The summed E-state index contributed by atoms with van der Waals surface area (Å²) in [4.78, 5) is 5.80. The summed E-state index contributed by atoms with van der Waals surface area (Å²) >= 11 is 5.87. The lowest BCUT2D eigenvalue weighted by atomic mass is 10.5. The van der Waals surface area contributed by atoms with Gasteiger partial charge < -0.3 is 10.3 Å². The van der Waals surface area contributed by atoms with Crippen molar-refractivity contribution >= 4 is 27.4 Å². The molecule has 0 spiro atoms. The van der Waals surface area contributed by atoms with Crippen LogP contribution in [0.3, 0.4) is 0 Å². The summed E-state index contributed by atoms with van der Waals surface area (Å²) in [5.41, 5.74) is 2.29. The van der Waals surface area contributed by atoms with Crippen LogP contribution in [0.25, 0.3) is 0 Å². The van der Waals surface area contributed by atoms with E-state index in [1.165, 1.54) is 23.6 Å². The molecule has 0 saturated carbocycles. The van der Waals surface area contributed by atoms with Crippen LogP contribution in [0.15, 0.2) is 17.2 Å². The highest BCUT2D eigenvalue weighted by Gasteiger charge is 2.22. The van der Waals surface area contributed by atoms with Crippen molar-refractivity contribution in [1.29, 1.82) is 0 Å². The second kappa shape index (κ2) is 6.49. The van der Waals surface area contributed by atoms with Crippen LogP contribution in [0, 0.1) is 0 Å². The Hall–Kier alpha value is -0.930. The number of sulfonamides is 1. The Bertz CT molecular complexity index is 535. The van der Waals surface area contributed by atoms with Crippen molar-refractivity contribution in [3.63, 3.8) is 0 Å². The van der Waals surface area contributed by atoms with Gasteiger partial charge in [-0.05, 0) is 20.2 Å². The average Bonchev–Trinajstić information content (AvgIpc) is 2.35. The fourth-order valence-corrected chi connectivity index (χ4v) is 2.73. The first-order valence-corrected chi connectivity index (χ1v) is 7.34. The minimum absolute atomic E-state index is 0.0396. The van der Waals surface area contributed by atoms with E-state index >= 15 is 0 Å². The van der Waals surface area contributed by atoms with Gasteiger partial charge in [0, 0.05) is 26.3 Å². The minimum atomic E-state index is -3.59. The quantitative estimate of drug-likeness (QED) is 0.576. The van der Waals surface area contributed by atoms with Crippen molar-refractivity contribution in [3.05, 3.63) is 17.3 Å². The van der Waals surface area contributed by atoms with Gasteiger partial charge in [0.05, 0.1) is 5.02 Å². The molecule has 0 aromatic carbocycles. The van der Waals surface area contributed by atoms with E-state index in [0.29, 0.717) is 13.1 Å². The van der Waals surface area contributed by atoms with Crippen LogP contribution < -0.4 is 11.3 Å². The largest absolute Gasteiger partial charge is 0.308 e. The molecular weight excluding hydrogens is 290 g/mol. The Morgan fingerprint density at radius 1 is 1.37 bits per heavy atom. The maximum Gasteiger partial charge on any atom is 0.244 e. The molecule has 0 aliphatic rings. The lowest BCUT2D eigenvalue weighted by Crippen LogP contribution is -2.33. The normalized spacial score (nSPS) is 12.2. The van der Waals surface area contributed by atoms with E-state index in [0.717, 1.165) is 0 Å². The number of nitrogens with zero attached hydrogens (tertiary/aromatic N) is 3. The Morgan fingerprint density at radius 3 is 2.47 bits per heavy atom. The molecule has 0 saturated heterocycles. The van der Waals surface area contributed by atoms with Crippen LogP contribution >= 0.6 is 11.6 Å². The molecule has 0 bridgehead atoms. The zero-order valence-electron chi connectivity index (χ0n) is 11.1. The maximum absolute atomic E-state index is 12.3. The first-order chi connectivity index (χ1) is 8.78. The second-order valence-corrected chi connectivity index (χ2v) is 6.73. The van der Waals surface area contributed by atoms with E-state index < -0.39 is 10.0 Å². The van der Waals surface area contributed by atoms with Gasteiger partial charge in [-0.3, -0.25) is 0 Å². The molecule has 0 amide bonds. The number of rotatable bonds is 6. The summed E-state index contributed by atoms with van der Waals surface area (Å²) in [6, 6.07) is 1.32. The number of nitrogens with two attached hydrogens (primary N) is 1. The summed E-state index contributed by atoms with van der Waals surface area (Å²) in [6.45, 7) is 1.00. The summed E-state index contributed by atoms with van der Waals surface area (Å²) in [5, 5.41) is 0.157. The van der Waals surface area contributed by atoms with Crippen molar-refractivity contribution < 1.29 is 8.42 Å². The van der Waals surface area contributed by atoms with Crippen molar-refractivity contribution in [2.24, 2.45) is 5.84 Å². The number of anilines is 1. The van der Waals surface area contributed by atoms with Gasteiger partial charge >= 0.3 is 0 Å². The number of pyridine rings is 1. The first-order valence-electron chi connectivity index (χ1n) is 5.52. The van der Waals surface area contributed by atoms with E-state index in [-0.39, 0.29) is 15.7 Å². The molecule has 108 valence electrons. The van der Waals surface area contributed by atoms with Crippen LogP contribution in [0.1, 0.15) is 0 Å². The zero-order chi connectivity index (χ0) is 14.6. The SMILES string of the molecule is CN(C)CCN(C)S(=O)(=O)c1cnc(NN)c(Cl)c1. The fraction of sp³-hybridized carbons (Fsp3) is 0.500. The molecule has 0 aliphatic heterocycles. The van der Waals surface area contributed by atoms with Crippen molar-refractivity contribution in [3.8, 4) is 0 Å². The highest BCUT2D eigenvalue weighted by atomic mass is 35.5. The molecule has 1 aromatic heterocycles. The molecule has 1 rings (SSSR count). The number of nitrogens with one attached hydrogen (secondary N) is 1. The van der Waals surface area contributed by atoms with Gasteiger partial charge in [0.25, 0.3) is 0 Å². The number of nitrogen functional groups attached to an aromatic ring is 1. The number of halogens is 1. The average molecular weight is 308 g/mol. The third kappa shape index (κ3) is 4.02. The van der Waals surface area contributed by atoms with E-state index in [4.69, 9.17) is 17.4 Å². The molecule has 0 atom stereocenters. The van der Waals surface area contributed by atoms with Gasteiger partial charge in [0.15, 0.2) is 5.82 Å². The molecule has 1 aromatic rings. The lowest BCUT2D eigenvalue weighted by Gasteiger charge is -2.19. The summed E-state index contributed by atoms with van der Waals surface area (Å²) in [5.74, 6) is 5.42. The first kappa shape index (κ1) is 16.1. The van der Waals surface area contributed by atoms with Gasteiger partial charge in [-0.1, -0.05) is 11.6 Å². The second-order valence-electron chi connectivity index (χ2n) is 4.28. The minimum Gasteiger partial charge on any atom is -0.308 e. The summed E-state index contributed by atoms with van der Waals surface area (Å²) in [7, 11) is 1.68. The zero-order valence-corrected chi connectivity index (χ0v) is 12.7.